The fourth-order valence-electron chi connectivity index (χ4n) is 4.03. The van der Waals surface area contributed by atoms with Crippen LogP contribution in [0.25, 0.3) is 0 Å². The molecule has 1 aliphatic heterocycles. The Morgan fingerprint density at radius 1 is 1.19 bits per heavy atom. The van der Waals surface area contributed by atoms with E-state index in [2.05, 4.69) is 25.8 Å². The van der Waals surface area contributed by atoms with Gasteiger partial charge in [-0.1, -0.05) is 24.5 Å². The Balaban J connectivity index is 2.00. The molecule has 2 atom stereocenters. The van der Waals surface area contributed by atoms with Crippen molar-refractivity contribution in [1.29, 1.82) is 0 Å². The molecule has 3 rings (SSSR count). The van der Waals surface area contributed by atoms with E-state index in [9.17, 15) is 5.11 Å². The second kappa shape index (κ2) is 7.42. The van der Waals surface area contributed by atoms with Crippen molar-refractivity contribution < 1.29 is 19.1 Å². The summed E-state index contributed by atoms with van der Waals surface area (Å²) in [5.41, 5.74) is 3.72. The molecule has 0 N–H and O–H groups in total. The van der Waals surface area contributed by atoms with Crippen LogP contribution in [0.5, 0.6) is 17.2 Å². The number of benzene rings is 2. The first-order chi connectivity index (χ1) is 12.5. The van der Waals surface area contributed by atoms with Gasteiger partial charge in [0.25, 0.3) is 0 Å². The maximum Gasteiger partial charge on any atom is 0.119 e. The van der Waals surface area contributed by atoms with Crippen LogP contribution in [0, 0.1) is 0 Å². The number of methoxy groups -OCH3 is 2. The average Bonchev–Trinajstić information content (AvgIpc) is 2.64. The van der Waals surface area contributed by atoms with Crippen LogP contribution in [0.1, 0.15) is 22.7 Å². The number of nitrogens with zero attached hydrogens (tertiary/aromatic N) is 1. The second-order valence-corrected chi connectivity index (χ2v) is 7.19. The monoisotopic (exact) mass is 353 g/mol. The van der Waals surface area contributed by atoms with Gasteiger partial charge in [-0.2, -0.15) is 0 Å². The molecule has 0 fully saturated rings. The maximum absolute atomic E-state index is 12.2. The fraction of sp³-hybridized carbons (Fsp3) is 0.364. The van der Waals surface area contributed by atoms with Crippen LogP contribution in [-0.2, 0) is 12.8 Å². The molecule has 4 nitrogen and oxygen atoms in total. The minimum absolute atomic E-state index is 0.0614. The molecule has 1 aliphatic rings. The molecule has 0 aromatic heterocycles. The first-order valence-electron chi connectivity index (χ1n) is 8.96. The van der Waals surface area contributed by atoms with E-state index in [0.29, 0.717) is 5.75 Å². The van der Waals surface area contributed by atoms with E-state index >= 15 is 0 Å². The molecule has 0 bridgehead atoms. The zero-order chi connectivity index (χ0) is 18.7. The van der Waals surface area contributed by atoms with Gasteiger partial charge < -0.3 is 19.1 Å². The molecule has 0 saturated carbocycles. The summed E-state index contributed by atoms with van der Waals surface area (Å²) in [6, 6.07) is 12.1. The van der Waals surface area contributed by atoms with Gasteiger partial charge in [0.15, 0.2) is 0 Å². The molecule has 0 unspecified atom stereocenters. The van der Waals surface area contributed by atoms with Crippen LogP contribution in [0.3, 0.4) is 0 Å². The van der Waals surface area contributed by atoms with E-state index < -0.39 is 0 Å². The minimum Gasteiger partial charge on any atom is -0.870 e. The van der Waals surface area contributed by atoms with Crippen molar-refractivity contribution in [2.75, 3.05) is 34.4 Å². The number of likely N-dealkylation sites (N-methyl/N-ethyl adjacent to an activating group) is 1. The molecule has 1 heterocycles. The van der Waals surface area contributed by atoms with Crippen molar-refractivity contribution in [3.8, 4) is 17.2 Å². The zero-order valence-electron chi connectivity index (χ0n) is 15.8. The van der Waals surface area contributed by atoms with Gasteiger partial charge in [0, 0.05) is 18.4 Å². The van der Waals surface area contributed by atoms with Crippen molar-refractivity contribution in [3.63, 3.8) is 0 Å². The van der Waals surface area contributed by atoms with Gasteiger partial charge in [0.1, 0.15) is 17.5 Å². The second-order valence-electron chi connectivity index (χ2n) is 7.19. The molecule has 4 heteroatoms. The third kappa shape index (κ3) is 3.42. The summed E-state index contributed by atoms with van der Waals surface area (Å²) in [4.78, 5) is 0. The predicted octanol–water partition coefficient (Wildman–Crippen LogP) is 3.25. The van der Waals surface area contributed by atoms with Crippen molar-refractivity contribution >= 4 is 0 Å². The van der Waals surface area contributed by atoms with Crippen LogP contribution >= 0.6 is 0 Å². The Hall–Kier alpha value is -2.46. The molecule has 0 amide bonds. The summed E-state index contributed by atoms with van der Waals surface area (Å²) in [7, 11) is 5.51. The van der Waals surface area contributed by atoms with Gasteiger partial charge in [0.2, 0.25) is 0 Å². The smallest absolute Gasteiger partial charge is 0.119 e. The lowest BCUT2D eigenvalue weighted by Gasteiger charge is -2.45. The van der Waals surface area contributed by atoms with Gasteiger partial charge in [-0.15, -0.1) is 0 Å². The molecule has 0 aliphatic carbocycles. The van der Waals surface area contributed by atoms with Crippen LogP contribution < -0.4 is 14.6 Å². The normalized spacial score (nSPS) is 21.7. The Morgan fingerprint density at radius 3 is 2.65 bits per heavy atom. The molecule has 0 radical (unpaired) electrons. The van der Waals surface area contributed by atoms with Crippen LogP contribution in [0.2, 0.25) is 0 Å². The van der Waals surface area contributed by atoms with E-state index in [1.807, 2.05) is 18.2 Å². The minimum atomic E-state index is -0.0614. The SMILES string of the molecule is C=CC[N@+]1(C)CCc2cc(OC)ccc2[C@H]1Cc1ccc(OC)c([O-])c1. The molecular weight excluding hydrogens is 326 g/mol. The molecule has 0 spiro atoms. The number of fused-ring (bicyclic) bond motifs is 1. The van der Waals surface area contributed by atoms with Crippen LogP contribution in [0.4, 0.5) is 0 Å². The molecule has 0 saturated heterocycles. The van der Waals surface area contributed by atoms with Gasteiger partial charge >= 0.3 is 0 Å². The highest BCUT2D eigenvalue weighted by molar-refractivity contribution is 5.43. The fourth-order valence-corrected chi connectivity index (χ4v) is 4.03. The lowest BCUT2D eigenvalue weighted by atomic mass is 9.86. The van der Waals surface area contributed by atoms with Crippen LogP contribution in [-0.4, -0.2) is 38.8 Å². The lowest BCUT2D eigenvalue weighted by molar-refractivity contribution is -0.936. The van der Waals surface area contributed by atoms with Gasteiger partial charge in [-0.3, -0.25) is 0 Å². The third-order valence-electron chi connectivity index (χ3n) is 5.56. The van der Waals surface area contributed by atoms with Crippen molar-refractivity contribution in [2.45, 2.75) is 18.9 Å². The zero-order valence-corrected chi connectivity index (χ0v) is 15.8. The van der Waals surface area contributed by atoms with E-state index in [4.69, 9.17) is 9.47 Å². The summed E-state index contributed by atoms with van der Waals surface area (Å²) in [6.07, 6.45) is 3.82. The summed E-state index contributed by atoms with van der Waals surface area (Å²) in [5, 5.41) is 12.2. The molecule has 26 heavy (non-hydrogen) atoms. The Morgan fingerprint density at radius 2 is 2.00 bits per heavy atom. The third-order valence-corrected chi connectivity index (χ3v) is 5.56. The van der Waals surface area contributed by atoms with Gasteiger partial charge in [0.05, 0.1) is 34.4 Å². The van der Waals surface area contributed by atoms with Crippen molar-refractivity contribution in [1.82, 2.24) is 0 Å². The first-order valence-corrected chi connectivity index (χ1v) is 8.96. The molecule has 138 valence electrons. The van der Waals surface area contributed by atoms with E-state index in [0.717, 1.165) is 41.7 Å². The molecular formula is C22H27NO3. The number of hydrogen-bond donors (Lipinski definition) is 0. The van der Waals surface area contributed by atoms with E-state index in [1.165, 1.54) is 18.2 Å². The molecule has 2 aromatic carbocycles. The predicted molar refractivity (Wildman–Crippen MR) is 102 cm³/mol. The summed E-state index contributed by atoms with van der Waals surface area (Å²) >= 11 is 0. The number of quaternary nitrogens is 1. The van der Waals surface area contributed by atoms with E-state index in [1.54, 1.807) is 19.2 Å². The van der Waals surface area contributed by atoms with Crippen molar-refractivity contribution in [3.05, 3.63) is 65.7 Å². The average molecular weight is 353 g/mol. The highest BCUT2D eigenvalue weighted by Gasteiger charge is 2.38. The standard InChI is InChI=1S/C22H27NO3/c1-5-11-23(2)12-10-17-15-18(25-3)7-8-19(17)20(23)13-16-6-9-22(26-4)21(24)14-16/h5-9,14-15,20H,1,10-13H2,2-4H3/t20-,23-/m1/s1. The van der Waals surface area contributed by atoms with Gasteiger partial charge in [-0.25, -0.2) is 0 Å². The number of rotatable bonds is 6. The quantitative estimate of drug-likeness (QED) is 0.591. The summed E-state index contributed by atoms with van der Waals surface area (Å²) < 4.78 is 11.4. The Bertz CT molecular complexity index is 802. The first kappa shape index (κ1) is 18.3. The van der Waals surface area contributed by atoms with Crippen LogP contribution in [0.15, 0.2) is 49.1 Å². The van der Waals surface area contributed by atoms with Crippen molar-refractivity contribution in [2.24, 2.45) is 0 Å². The van der Waals surface area contributed by atoms with E-state index in [-0.39, 0.29) is 11.8 Å². The Labute approximate surface area is 155 Å². The highest BCUT2D eigenvalue weighted by Crippen LogP contribution is 2.39. The maximum atomic E-state index is 12.2. The largest absolute Gasteiger partial charge is 0.870 e. The Kier molecular flexibility index (Phi) is 5.23. The van der Waals surface area contributed by atoms with Gasteiger partial charge in [-0.05, 0) is 41.5 Å². The highest BCUT2D eigenvalue weighted by atomic mass is 16.5. The number of hydrogen-bond acceptors (Lipinski definition) is 3. The number of ether oxygens (including phenoxy) is 2. The lowest BCUT2D eigenvalue weighted by Crippen LogP contribution is -2.52. The molecule has 2 aromatic rings. The summed E-state index contributed by atoms with van der Waals surface area (Å²) in [6.45, 7) is 5.90. The topological polar surface area (TPSA) is 41.5 Å². The summed E-state index contributed by atoms with van der Waals surface area (Å²) in [5.74, 6) is 1.23.